The standard InChI is InChI=1S/C17H25ClFN/c1-3-20-11-14-8-7-12(2)9-15(14)10-13-5-4-6-16(19)17(13)18/h4-6,12,14-15,20H,3,7-11H2,1-2H3. The lowest BCUT2D eigenvalue weighted by atomic mass is 9.72. The van der Waals surface area contributed by atoms with Crippen LogP contribution in [0.5, 0.6) is 0 Å². The Kier molecular flexibility index (Phi) is 5.86. The SMILES string of the molecule is CCNCC1CCC(C)CC1Cc1cccc(F)c1Cl. The van der Waals surface area contributed by atoms with E-state index in [1.165, 1.54) is 25.3 Å². The van der Waals surface area contributed by atoms with Gasteiger partial charge in [-0.15, -0.1) is 0 Å². The number of rotatable bonds is 5. The number of nitrogens with one attached hydrogen (secondary N) is 1. The molecule has 3 unspecified atom stereocenters. The molecule has 3 heteroatoms. The first-order chi connectivity index (χ1) is 9.61. The molecule has 1 aliphatic carbocycles. The molecule has 0 aromatic heterocycles. The molecule has 0 aliphatic heterocycles. The van der Waals surface area contributed by atoms with E-state index in [2.05, 4.69) is 19.2 Å². The topological polar surface area (TPSA) is 12.0 Å². The lowest BCUT2D eigenvalue weighted by molar-refractivity contribution is 0.184. The predicted molar refractivity (Wildman–Crippen MR) is 83.7 cm³/mol. The Hall–Kier alpha value is -0.600. The van der Waals surface area contributed by atoms with Crippen molar-refractivity contribution in [3.05, 3.63) is 34.6 Å². The summed E-state index contributed by atoms with van der Waals surface area (Å²) in [6.07, 6.45) is 4.70. The average molecular weight is 298 g/mol. The molecule has 1 aliphatic rings. The van der Waals surface area contributed by atoms with E-state index in [0.717, 1.165) is 31.0 Å². The molecule has 2 rings (SSSR count). The minimum absolute atomic E-state index is 0.295. The molecule has 0 saturated heterocycles. The van der Waals surface area contributed by atoms with Crippen LogP contribution in [0.25, 0.3) is 0 Å². The second-order valence-corrected chi connectivity index (χ2v) is 6.54. The largest absolute Gasteiger partial charge is 0.317 e. The fraction of sp³-hybridized carbons (Fsp3) is 0.647. The van der Waals surface area contributed by atoms with E-state index in [0.29, 0.717) is 16.9 Å². The molecule has 20 heavy (non-hydrogen) atoms. The van der Waals surface area contributed by atoms with Gasteiger partial charge < -0.3 is 5.32 Å². The van der Waals surface area contributed by atoms with Gasteiger partial charge >= 0.3 is 0 Å². The lowest BCUT2D eigenvalue weighted by Crippen LogP contribution is -2.33. The highest BCUT2D eigenvalue weighted by molar-refractivity contribution is 6.31. The summed E-state index contributed by atoms with van der Waals surface area (Å²) in [7, 11) is 0. The zero-order chi connectivity index (χ0) is 14.5. The normalized spacial score (nSPS) is 26.7. The van der Waals surface area contributed by atoms with Crippen molar-refractivity contribution in [1.82, 2.24) is 5.32 Å². The third-order valence-corrected chi connectivity index (χ3v) is 5.00. The molecule has 1 saturated carbocycles. The van der Waals surface area contributed by atoms with Gasteiger partial charge in [-0.2, -0.15) is 0 Å². The van der Waals surface area contributed by atoms with Crippen molar-refractivity contribution in [3.8, 4) is 0 Å². The Morgan fingerprint density at radius 1 is 1.30 bits per heavy atom. The molecule has 0 heterocycles. The molecular formula is C17H25ClFN. The van der Waals surface area contributed by atoms with E-state index in [9.17, 15) is 4.39 Å². The van der Waals surface area contributed by atoms with Crippen LogP contribution in [0.2, 0.25) is 5.02 Å². The maximum Gasteiger partial charge on any atom is 0.142 e. The van der Waals surface area contributed by atoms with Gasteiger partial charge in [0, 0.05) is 0 Å². The minimum Gasteiger partial charge on any atom is -0.317 e. The predicted octanol–water partition coefficient (Wildman–Crippen LogP) is 4.68. The summed E-state index contributed by atoms with van der Waals surface area (Å²) in [5.74, 6) is 1.77. The van der Waals surface area contributed by atoms with Crippen LogP contribution in [0.15, 0.2) is 18.2 Å². The van der Waals surface area contributed by atoms with Crippen molar-refractivity contribution < 1.29 is 4.39 Å². The molecule has 1 N–H and O–H groups in total. The van der Waals surface area contributed by atoms with Gasteiger partial charge in [0.1, 0.15) is 5.82 Å². The van der Waals surface area contributed by atoms with Crippen LogP contribution >= 0.6 is 11.6 Å². The fourth-order valence-corrected chi connectivity index (χ4v) is 3.60. The average Bonchev–Trinajstić information content (AvgIpc) is 2.43. The Morgan fingerprint density at radius 2 is 2.10 bits per heavy atom. The quantitative estimate of drug-likeness (QED) is 0.832. The Labute approximate surface area is 126 Å². The van der Waals surface area contributed by atoms with Crippen LogP contribution in [0.4, 0.5) is 4.39 Å². The van der Waals surface area contributed by atoms with Crippen LogP contribution in [-0.2, 0) is 6.42 Å². The first-order valence-corrected chi connectivity index (χ1v) is 8.13. The van der Waals surface area contributed by atoms with Crippen LogP contribution in [0.1, 0.15) is 38.7 Å². The highest BCUT2D eigenvalue weighted by atomic mass is 35.5. The maximum atomic E-state index is 13.6. The van der Waals surface area contributed by atoms with Crippen molar-refractivity contribution in [2.45, 2.75) is 39.5 Å². The van der Waals surface area contributed by atoms with E-state index in [1.54, 1.807) is 6.07 Å². The number of hydrogen-bond acceptors (Lipinski definition) is 1. The summed E-state index contributed by atoms with van der Waals surface area (Å²) in [6, 6.07) is 5.17. The number of hydrogen-bond donors (Lipinski definition) is 1. The second kappa shape index (κ2) is 7.42. The Morgan fingerprint density at radius 3 is 2.85 bits per heavy atom. The van der Waals surface area contributed by atoms with Crippen molar-refractivity contribution in [3.63, 3.8) is 0 Å². The fourth-order valence-electron chi connectivity index (χ4n) is 3.40. The molecule has 1 fully saturated rings. The molecule has 1 aromatic rings. The Bertz CT molecular complexity index is 433. The third kappa shape index (κ3) is 3.95. The first-order valence-electron chi connectivity index (χ1n) is 7.75. The van der Waals surface area contributed by atoms with E-state index in [4.69, 9.17) is 11.6 Å². The smallest absolute Gasteiger partial charge is 0.142 e. The van der Waals surface area contributed by atoms with Gasteiger partial charge in [0.25, 0.3) is 0 Å². The van der Waals surface area contributed by atoms with Crippen molar-refractivity contribution >= 4 is 11.6 Å². The molecule has 1 nitrogen and oxygen atoms in total. The van der Waals surface area contributed by atoms with Gasteiger partial charge in [-0.1, -0.05) is 44.0 Å². The minimum atomic E-state index is -0.295. The van der Waals surface area contributed by atoms with Crippen LogP contribution in [0, 0.1) is 23.6 Å². The van der Waals surface area contributed by atoms with Gasteiger partial charge in [0.15, 0.2) is 0 Å². The monoisotopic (exact) mass is 297 g/mol. The lowest BCUT2D eigenvalue weighted by Gasteiger charge is -2.35. The molecular weight excluding hydrogens is 273 g/mol. The van der Waals surface area contributed by atoms with Gasteiger partial charge in [0.2, 0.25) is 0 Å². The molecule has 0 bridgehead atoms. The molecule has 112 valence electrons. The van der Waals surface area contributed by atoms with Gasteiger partial charge in [0.05, 0.1) is 5.02 Å². The molecule has 3 atom stereocenters. The highest BCUT2D eigenvalue weighted by Crippen LogP contribution is 2.37. The van der Waals surface area contributed by atoms with Crippen LogP contribution < -0.4 is 5.32 Å². The van der Waals surface area contributed by atoms with E-state index < -0.39 is 0 Å². The zero-order valence-electron chi connectivity index (χ0n) is 12.5. The third-order valence-electron chi connectivity index (χ3n) is 4.57. The van der Waals surface area contributed by atoms with Crippen molar-refractivity contribution in [2.75, 3.05) is 13.1 Å². The number of halogens is 2. The van der Waals surface area contributed by atoms with Crippen molar-refractivity contribution in [1.29, 1.82) is 0 Å². The van der Waals surface area contributed by atoms with Gasteiger partial charge in [-0.25, -0.2) is 4.39 Å². The molecule has 0 amide bonds. The van der Waals surface area contributed by atoms with Crippen LogP contribution in [0.3, 0.4) is 0 Å². The zero-order valence-corrected chi connectivity index (χ0v) is 13.2. The molecule has 0 radical (unpaired) electrons. The molecule has 0 spiro atoms. The van der Waals surface area contributed by atoms with E-state index in [1.807, 2.05) is 6.07 Å². The first kappa shape index (κ1) is 15.8. The van der Waals surface area contributed by atoms with E-state index >= 15 is 0 Å². The summed E-state index contributed by atoms with van der Waals surface area (Å²) in [6.45, 7) is 6.55. The van der Waals surface area contributed by atoms with Crippen molar-refractivity contribution in [2.24, 2.45) is 17.8 Å². The Balaban J connectivity index is 2.08. The summed E-state index contributed by atoms with van der Waals surface area (Å²) in [5.41, 5.74) is 0.965. The molecule has 1 aromatic carbocycles. The van der Waals surface area contributed by atoms with E-state index in [-0.39, 0.29) is 5.82 Å². The summed E-state index contributed by atoms with van der Waals surface area (Å²) in [5, 5.41) is 3.78. The summed E-state index contributed by atoms with van der Waals surface area (Å²) < 4.78 is 13.6. The highest BCUT2D eigenvalue weighted by Gasteiger charge is 2.29. The van der Waals surface area contributed by atoms with Gasteiger partial charge in [-0.3, -0.25) is 0 Å². The number of benzene rings is 1. The summed E-state index contributed by atoms with van der Waals surface area (Å²) in [4.78, 5) is 0. The van der Waals surface area contributed by atoms with Crippen LogP contribution in [-0.4, -0.2) is 13.1 Å². The maximum absolute atomic E-state index is 13.6. The van der Waals surface area contributed by atoms with Gasteiger partial charge in [-0.05, 0) is 61.7 Å². The second-order valence-electron chi connectivity index (χ2n) is 6.16. The summed E-state index contributed by atoms with van der Waals surface area (Å²) >= 11 is 6.11.